The Morgan fingerprint density at radius 3 is 2.21 bits per heavy atom. The summed E-state index contributed by atoms with van der Waals surface area (Å²) in [5, 5.41) is 4.19. The minimum atomic E-state index is -0.0592. The number of nitrogens with one attached hydrogen (secondary N) is 2. The average molecular weight is 455 g/mol. The average Bonchev–Trinajstić information content (AvgIpc) is 3.34. The third kappa shape index (κ3) is 4.22. The molecule has 6 heteroatoms. The molecular formula is C27H26N4OS. The second kappa shape index (κ2) is 8.71. The highest BCUT2D eigenvalue weighted by molar-refractivity contribution is 7.80. The van der Waals surface area contributed by atoms with Crippen LogP contribution in [0.15, 0.2) is 79.0 Å². The Hall–Kier alpha value is -3.64. The molecule has 2 aromatic carbocycles. The number of rotatable bonds is 5. The smallest absolute Gasteiger partial charge is 0.174 e. The van der Waals surface area contributed by atoms with Gasteiger partial charge in [0.1, 0.15) is 11.5 Å². The minimum Gasteiger partial charge on any atom is -0.457 e. The summed E-state index contributed by atoms with van der Waals surface area (Å²) >= 11 is 5.82. The summed E-state index contributed by atoms with van der Waals surface area (Å²) in [5.74, 6) is 1.60. The second-order valence-corrected chi connectivity index (χ2v) is 8.83. The Bertz CT molecular complexity index is 1270. The molecule has 5 rings (SSSR count). The van der Waals surface area contributed by atoms with E-state index in [1.165, 1.54) is 11.1 Å². The fourth-order valence-electron chi connectivity index (χ4n) is 4.42. The van der Waals surface area contributed by atoms with Crippen molar-refractivity contribution in [1.29, 1.82) is 0 Å². The summed E-state index contributed by atoms with van der Waals surface area (Å²) in [6.07, 6.45) is 1.83. The van der Waals surface area contributed by atoms with E-state index in [1.807, 2.05) is 60.8 Å². The highest BCUT2D eigenvalue weighted by atomic mass is 32.1. The van der Waals surface area contributed by atoms with E-state index in [0.29, 0.717) is 5.11 Å². The Balaban J connectivity index is 1.49. The Morgan fingerprint density at radius 1 is 0.909 bits per heavy atom. The van der Waals surface area contributed by atoms with Crippen LogP contribution in [0.1, 0.15) is 40.3 Å². The lowest BCUT2D eigenvalue weighted by Crippen LogP contribution is -2.29. The van der Waals surface area contributed by atoms with Crippen LogP contribution in [0.25, 0.3) is 0 Å². The van der Waals surface area contributed by atoms with Gasteiger partial charge in [-0.05, 0) is 93.1 Å². The van der Waals surface area contributed by atoms with Crippen molar-refractivity contribution in [2.24, 2.45) is 0 Å². The quantitative estimate of drug-likeness (QED) is 0.346. The van der Waals surface area contributed by atoms with Gasteiger partial charge in [0.15, 0.2) is 5.11 Å². The first-order valence-electron chi connectivity index (χ1n) is 11.0. The molecule has 2 N–H and O–H groups in total. The molecule has 0 radical (unpaired) electrons. The number of aromatic nitrogens is 2. The normalized spacial score (nSPS) is 17.8. The first-order chi connectivity index (χ1) is 16.0. The van der Waals surface area contributed by atoms with Gasteiger partial charge in [-0.15, -0.1) is 0 Å². The Labute approximate surface area is 199 Å². The van der Waals surface area contributed by atoms with Crippen LogP contribution in [0, 0.1) is 20.8 Å². The molecule has 0 bridgehead atoms. The van der Waals surface area contributed by atoms with E-state index in [4.69, 9.17) is 17.0 Å². The Kier molecular flexibility index (Phi) is 5.60. The first kappa shape index (κ1) is 21.2. The molecule has 0 amide bonds. The van der Waals surface area contributed by atoms with Gasteiger partial charge in [-0.1, -0.05) is 23.8 Å². The van der Waals surface area contributed by atoms with Crippen molar-refractivity contribution in [1.82, 2.24) is 15.3 Å². The van der Waals surface area contributed by atoms with E-state index in [-0.39, 0.29) is 12.1 Å². The van der Waals surface area contributed by atoms with Crippen LogP contribution in [0.4, 0.5) is 5.69 Å². The fraction of sp³-hybridized carbons (Fsp3) is 0.185. The zero-order valence-electron chi connectivity index (χ0n) is 18.9. The van der Waals surface area contributed by atoms with E-state index >= 15 is 0 Å². The molecule has 1 saturated heterocycles. The maximum absolute atomic E-state index is 6.02. The van der Waals surface area contributed by atoms with Gasteiger partial charge in [0, 0.05) is 23.3 Å². The van der Waals surface area contributed by atoms with Crippen LogP contribution in [0.3, 0.4) is 0 Å². The number of anilines is 1. The lowest BCUT2D eigenvalue weighted by Gasteiger charge is -2.28. The van der Waals surface area contributed by atoms with E-state index in [2.05, 4.69) is 59.2 Å². The molecule has 2 aromatic heterocycles. The van der Waals surface area contributed by atoms with Crippen molar-refractivity contribution in [2.75, 3.05) is 4.90 Å². The molecule has 0 spiro atoms. The molecule has 5 nitrogen and oxygen atoms in total. The molecule has 33 heavy (non-hydrogen) atoms. The van der Waals surface area contributed by atoms with Crippen LogP contribution >= 0.6 is 12.2 Å². The fourth-order valence-corrected chi connectivity index (χ4v) is 4.76. The standard InChI is InChI=1S/C27H26N4OS/c1-17-7-11-21(12-8-17)32-22-13-9-20(10-14-22)31-26(23-16-18(2)29-19(23)3)25(30-27(31)33)24-6-4-5-15-28-24/h4-16,25-26,29H,1-3H3,(H,30,33). The lowest BCUT2D eigenvalue weighted by molar-refractivity contribution is 0.482. The number of benzene rings is 2. The van der Waals surface area contributed by atoms with Crippen LogP contribution in [0.2, 0.25) is 0 Å². The van der Waals surface area contributed by atoms with E-state index in [0.717, 1.165) is 34.3 Å². The number of H-pyrrole nitrogens is 1. The molecule has 4 aromatic rings. The van der Waals surface area contributed by atoms with Crippen molar-refractivity contribution in [3.05, 3.63) is 107 Å². The molecule has 0 aliphatic carbocycles. The third-order valence-electron chi connectivity index (χ3n) is 5.98. The number of hydrogen-bond acceptors (Lipinski definition) is 3. The van der Waals surface area contributed by atoms with Gasteiger partial charge < -0.3 is 19.9 Å². The van der Waals surface area contributed by atoms with Crippen molar-refractivity contribution in [2.45, 2.75) is 32.9 Å². The number of aryl methyl sites for hydroxylation is 3. The predicted octanol–water partition coefficient (Wildman–Crippen LogP) is 6.30. The molecule has 166 valence electrons. The maximum atomic E-state index is 6.02. The number of nitrogens with zero attached hydrogens (tertiary/aromatic N) is 2. The molecule has 1 aliphatic rings. The maximum Gasteiger partial charge on any atom is 0.174 e. The van der Waals surface area contributed by atoms with Gasteiger partial charge in [-0.25, -0.2) is 0 Å². The van der Waals surface area contributed by atoms with Gasteiger partial charge in [0.2, 0.25) is 0 Å². The molecule has 1 aliphatic heterocycles. The topological polar surface area (TPSA) is 53.2 Å². The number of ether oxygens (including phenoxy) is 1. The Morgan fingerprint density at radius 2 is 1.61 bits per heavy atom. The van der Waals surface area contributed by atoms with Crippen molar-refractivity contribution < 1.29 is 4.74 Å². The van der Waals surface area contributed by atoms with E-state index in [1.54, 1.807) is 0 Å². The summed E-state index contributed by atoms with van der Waals surface area (Å²) < 4.78 is 6.02. The summed E-state index contributed by atoms with van der Waals surface area (Å²) in [4.78, 5) is 10.2. The van der Waals surface area contributed by atoms with Gasteiger partial charge >= 0.3 is 0 Å². The third-order valence-corrected chi connectivity index (χ3v) is 6.29. The molecule has 1 fully saturated rings. The second-order valence-electron chi connectivity index (χ2n) is 8.44. The summed E-state index contributed by atoms with van der Waals surface area (Å²) in [7, 11) is 0. The highest BCUT2D eigenvalue weighted by Crippen LogP contribution is 2.43. The molecule has 2 atom stereocenters. The van der Waals surface area contributed by atoms with E-state index in [9.17, 15) is 0 Å². The number of aromatic amines is 1. The summed E-state index contributed by atoms with van der Waals surface area (Å²) in [6.45, 7) is 6.25. The van der Waals surface area contributed by atoms with Crippen molar-refractivity contribution in [3.63, 3.8) is 0 Å². The van der Waals surface area contributed by atoms with Crippen LogP contribution in [-0.2, 0) is 0 Å². The summed E-state index contributed by atoms with van der Waals surface area (Å²) in [6, 6.07) is 24.2. The van der Waals surface area contributed by atoms with Gasteiger partial charge in [-0.3, -0.25) is 4.98 Å². The monoisotopic (exact) mass is 454 g/mol. The zero-order valence-corrected chi connectivity index (χ0v) is 19.7. The molecule has 3 heterocycles. The largest absolute Gasteiger partial charge is 0.457 e. The van der Waals surface area contributed by atoms with Crippen molar-refractivity contribution in [3.8, 4) is 11.5 Å². The van der Waals surface area contributed by atoms with Crippen LogP contribution in [0.5, 0.6) is 11.5 Å². The minimum absolute atomic E-state index is 0.0267. The van der Waals surface area contributed by atoms with E-state index < -0.39 is 0 Å². The highest BCUT2D eigenvalue weighted by Gasteiger charge is 2.41. The van der Waals surface area contributed by atoms with Gasteiger partial charge in [0.05, 0.1) is 17.8 Å². The molecule has 2 unspecified atom stereocenters. The van der Waals surface area contributed by atoms with Gasteiger partial charge in [0.25, 0.3) is 0 Å². The first-order valence-corrected chi connectivity index (χ1v) is 11.4. The SMILES string of the molecule is Cc1ccc(Oc2ccc(N3C(=S)NC(c4ccccn4)C3c3cc(C)[nH]c3C)cc2)cc1. The number of pyridine rings is 1. The molecular weight excluding hydrogens is 428 g/mol. The predicted molar refractivity (Wildman–Crippen MR) is 136 cm³/mol. The molecule has 0 saturated carbocycles. The zero-order chi connectivity index (χ0) is 22.9. The lowest BCUT2D eigenvalue weighted by atomic mass is 9.96. The van der Waals surface area contributed by atoms with Crippen LogP contribution in [-0.4, -0.2) is 15.1 Å². The van der Waals surface area contributed by atoms with Gasteiger partial charge in [-0.2, -0.15) is 0 Å². The number of hydrogen-bond donors (Lipinski definition) is 2. The summed E-state index contributed by atoms with van der Waals surface area (Å²) in [5.41, 5.74) is 6.64. The van der Waals surface area contributed by atoms with Crippen LogP contribution < -0.4 is 15.0 Å². The van der Waals surface area contributed by atoms with Crippen molar-refractivity contribution >= 4 is 23.0 Å². The number of thiocarbonyl (C=S) groups is 1.